The quantitative estimate of drug-likeness (QED) is 0.625. The van der Waals surface area contributed by atoms with E-state index in [-0.39, 0.29) is 22.4 Å². The molecule has 0 aromatic rings. The average Bonchev–Trinajstić information content (AvgIpc) is 2.76. The van der Waals surface area contributed by atoms with Crippen molar-refractivity contribution in [1.82, 2.24) is 9.80 Å². The van der Waals surface area contributed by atoms with Gasteiger partial charge >= 0.3 is 0 Å². The van der Waals surface area contributed by atoms with Crippen LogP contribution in [0.15, 0.2) is 51.3 Å². The molecule has 4 heterocycles. The molecule has 0 amide bonds. The van der Waals surface area contributed by atoms with Crippen molar-refractivity contribution in [3.63, 3.8) is 0 Å². The lowest BCUT2D eigenvalue weighted by Crippen LogP contribution is -2.55. The monoisotopic (exact) mass is 335 g/mol. The van der Waals surface area contributed by atoms with Gasteiger partial charge in [0.1, 0.15) is 0 Å². The summed E-state index contributed by atoms with van der Waals surface area (Å²) in [6.45, 7) is 14.0. The highest BCUT2D eigenvalue weighted by Crippen LogP contribution is 2.62. The van der Waals surface area contributed by atoms with Crippen molar-refractivity contribution in [2.75, 3.05) is 20.1 Å². The summed E-state index contributed by atoms with van der Waals surface area (Å²) in [6, 6.07) is 0.265. The van der Waals surface area contributed by atoms with Crippen LogP contribution < -0.4 is 0 Å². The number of allylic oxidation sites excluding steroid dienone is 2. The van der Waals surface area contributed by atoms with Gasteiger partial charge in [0.2, 0.25) is 0 Å². The second kappa shape index (κ2) is 4.37. The number of likely N-dealkylation sites (N-methyl/N-ethyl adjacent to an activating group) is 1. The van der Waals surface area contributed by atoms with Gasteiger partial charge in [-0.05, 0) is 50.1 Å². The van der Waals surface area contributed by atoms with Crippen molar-refractivity contribution in [2.45, 2.75) is 52.6 Å². The number of aliphatic imine (C=N–C) groups is 1. The number of fused-ring (bicyclic) bond motifs is 2. The summed E-state index contributed by atoms with van der Waals surface area (Å²) in [7, 11) is 2.25. The SMILES string of the molecule is CC1N=CC2(C)C=CN3C4=C(CN(C)CC4)C4=CC(C)(C)C1=C2C43C. The van der Waals surface area contributed by atoms with E-state index in [0.717, 1.165) is 19.5 Å². The van der Waals surface area contributed by atoms with E-state index in [0.29, 0.717) is 0 Å². The zero-order valence-corrected chi connectivity index (χ0v) is 16.3. The molecule has 0 radical (unpaired) electrons. The molecule has 5 aliphatic rings. The molecule has 1 aliphatic carbocycles. The molecular weight excluding hydrogens is 306 g/mol. The van der Waals surface area contributed by atoms with Gasteiger partial charge in [-0.3, -0.25) is 4.99 Å². The Morgan fingerprint density at radius 3 is 2.72 bits per heavy atom. The third-order valence-corrected chi connectivity index (χ3v) is 7.18. The summed E-state index contributed by atoms with van der Waals surface area (Å²) in [6.07, 6.45) is 10.7. The Hall–Kier alpha value is -1.61. The molecule has 3 nitrogen and oxygen atoms in total. The number of hydrogen-bond donors (Lipinski definition) is 0. The Bertz CT molecular complexity index is 837. The van der Waals surface area contributed by atoms with Crippen LogP contribution in [0, 0.1) is 10.8 Å². The van der Waals surface area contributed by atoms with Gasteiger partial charge in [-0.2, -0.15) is 0 Å². The molecule has 0 aromatic carbocycles. The summed E-state index contributed by atoms with van der Waals surface area (Å²) >= 11 is 0. The minimum absolute atomic E-state index is 0.0368. The van der Waals surface area contributed by atoms with E-state index in [4.69, 9.17) is 4.99 Å². The lowest BCUT2D eigenvalue weighted by atomic mass is 9.56. The van der Waals surface area contributed by atoms with Crippen LogP contribution in [0.5, 0.6) is 0 Å². The van der Waals surface area contributed by atoms with Gasteiger partial charge in [0.25, 0.3) is 0 Å². The minimum atomic E-state index is -0.0651. The molecule has 5 rings (SSSR count). The fourth-order valence-electron chi connectivity index (χ4n) is 6.16. The lowest BCUT2D eigenvalue weighted by molar-refractivity contribution is 0.245. The van der Waals surface area contributed by atoms with Crippen LogP contribution >= 0.6 is 0 Å². The van der Waals surface area contributed by atoms with E-state index >= 15 is 0 Å². The lowest BCUT2D eigenvalue weighted by Gasteiger charge is -2.55. The molecule has 3 heteroatoms. The van der Waals surface area contributed by atoms with Crippen molar-refractivity contribution in [3.8, 4) is 0 Å². The van der Waals surface area contributed by atoms with E-state index in [1.807, 2.05) is 0 Å². The first-order valence-corrected chi connectivity index (χ1v) is 9.61. The first-order chi connectivity index (χ1) is 11.7. The smallest absolute Gasteiger partial charge is 0.0894 e. The summed E-state index contributed by atoms with van der Waals surface area (Å²) < 4.78 is 0. The van der Waals surface area contributed by atoms with E-state index < -0.39 is 0 Å². The largest absolute Gasteiger partial charge is 0.338 e. The molecule has 132 valence electrons. The highest BCUT2D eigenvalue weighted by molar-refractivity contribution is 5.82. The summed E-state index contributed by atoms with van der Waals surface area (Å²) in [5, 5.41) is 0. The van der Waals surface area contributed by atoms with E-state index in [9.17, 15) is 0 Å². The van der Waals surface area contributed by atoms with Gasteiger partial charge < -0.3 is 9.80 Å². The van der Waals surface area contributed by atoms with Crippen LogP contribution in [0.1, 0.15) is 41.0 Å². The molecule has 3 atom stereocenters. The number of nitrogens with zero attached hydrogens (tertiary/aromatic N) is 3. The maximum absolute atomic E-state index is 4.90. The summed E-state index contributed by atoms with van der Waals surface area (Å²) in [4.78, 5) is 9.96. The Kier molecular flexibility index (Phi) is 2.74. The number of rotatable bonds is 0. The molecule has 0 saturated carbocycles. The van der Waals surface area contributed by atoms with Crippen LogP contribution in [-0.2, 0) is 0 Å². The van der Waals surface area contributed by atoms with Crippen molar-refractivity contribution < 1.29 is 0 Å². The molecule has 0 N–H and O–H groups in total. The van der Waals surface area contributed by atoms with Crippen molar-refractivity contribution in [2.24, 2.45) is 15.8 Å². The molecule has 3 unspecified atom stereocenters. The van der Waals surface area contributed by atoms with E-state index in [2.05, 4.69) is 76.0 Å². The van der Waals surface area contributed by atoms with Gasteiger partial charge in [0.05, 0.1) is 11.6 Å². The fraction of sp³-hybridized carbons (Fsp3) is 0.591. The zero-order chi connectivity index (χ0) is 17.8. The first kappa shape index (κ1) is 15.6. The molecule has 0 saturated heterocycles. The summed E-state index contributed by atoms with van der Waals surface area (Å²) in [5.74, 6) is 0. The van der Waals surface area contributed by atoms with Crippen molar-refractivity contribution >= 4 is 6.21 Å². The Balaban J connectivity index is 1.83. The maximum Gasteiger partial charge on any atom is 0.0894 e. The first-order valence-electron chi connectivity index (χ1n) is 9.61. The highest BCUT2D eigenvalue weighted by atomic mass is 15.3. The van der Waals surface area contributed by atoms with Gasteiger partial charge in [0, 0.05) is 48.5 Å². The molecular formula is C22H29N3. The van der Waals surface area contributed by atoms with Crippen LogP contribution in [0.2, 0.25) is 0 Å². The average molecular weight is 335 g/mol. The number of hydrogen-bond acceptors (Lipinski definition) is 3. The predicted octanol–water partition coefficient (Wildman–Crippen LogP) is 3.92. The van der Waals surface area contributed by atoms with Crippen LogP contribution in [0.4, 0.5) is 0 Å². The second-order valence-corrected chi connectivity index (χ2v) is 9.48. The highest BCUT2D eigenvalue weighted by Gasteiger charge is 2.59. The van der Waals surface area contributed by atoms with E-state index in [1.54, 1.807) is 22.4 Å². The van der Waals surface area contributed by atoms with E-state index in [1.165, 1.54) is 5.57 Å². The zero-order valence-electron chi connectivity index (χ0n) is 16.3. The topological polar surface area (TPSA) is 18.8 Å². The van der Waals surface area contributed by atoms with Gasteiger partial charge in [-0.1, -0.05) is 26.0 Å². The molecule has 0 bridgehead atoms. The van der Waals surface area contributed by atoms with Gasteiger partial charge in [0.15, 0.2) is 0 Å². The molecule has 4 aliphatic heterocycles. The van der Waals surface area contributed by atoms with Crippen molar-refractivity contribution in [3.05, 3.63) is 46.3 Å². The fourth-order valence-corrected chi connectivity index (χ4v) is 6.16. The minimum Gasteiger partial charge on any atom is -0.338 e. The Morgan fingerprint density at radius 2 is 1.96 bits per heavy atom. The molecule has 0 fully saturated rings. The molecule has 0 aromatic heterocycles. The Morgan fingerprint density at radius 1 is 1.20 bits per heavy atom. The van der Waals surface area contributed by atoms with Crippen LogP contribution in [0.3, 0.4) is 0 Å². The second-order valence-electron chi connectivity index (χ2n) is 9.48. The predicted molar refractivity (Wildman–Crippen MR) is 103 cm³/mol. The third-order valence-electron chi connectivity index (χ3n) is 7.18. The van der Waals surface area contributed by atoms with Crippen molar-refractivity contribution in [1.29, 1.82) is 0 Å². The third kappa shape index (κ3) is 1.68. The number of dihydropyridines is 1. The van der Waals surface area contributed by atoms with Crippen LogP contribution in [0.25, 0.3) is 0 Å². The normalized spacial score (nSPS) is 41.1. The maximum atomic E-state index is 4.90. The molecule has 25 heavy (non-hydrogen) atoms. The van der Waals surface area contributed by atoms with Crippen LogP contribution in [-0.4, -0.2) is 47.7 Å². The van der Waals surface area contributed by atoms with Gasteiger partial charge in [-0.25, -0.2) is 0 Å². The standard InChI is InChI=1S/C22H29N3/c1-14-18-19-21(4,13-23-14)8-10-25-17-7-9-24(6)12-15(17)16(22(19,25)5)11-20(18,2)3/h8,10-11,13-14H,7,9,12H2,1-6H3. The molecule has 0 spiro atoms. The van der Waals surface area contributed by atoms with Gasteiger partial charge in [-0.15, -0.1) is 0 Å². The summed E-state index contributed by atoms with van der Waals surface area (Å²) in [5.41, 5.74) is 7.74. The Labute approximate surface area is 151 Å².